The number of nitrogen functional groups attached to an aromatic ring is 1. The van der Waals surface area contributed by atoms with Gasteiger partial charge in [-0.25, -0.2) is 4.79 Å². The van der Waals surface area contributed by atoms with Crippen molar-refractivity contribution in [2.45, 2.75) is 0 Å². The molecule has 0 bridgehead atoms. The highest BCUT2D eigenvalue weighted by Crippen LogP contribution is 2.21. The van der Waals surface area contributed by atoms with Gasteiger partial charge >= 0.3 is 5.97 Å². The molecule has 1 rings (SSSR count). The number of rotatable bonds is 6. The van der Waals surface area contributed by atoms with Crippen LogP contribution in [0.4, 0.5) is 5.69 Å². The Bertz CT molecular complexity index is 415. The zero-order valence-electron chi connectivity index (χ0n) is 9.55. The molecule has 0 aliphatic heterocycles. The normalized spacial score (nSPS) is 10.6. The van der Waals surface area contributed by atoms with E-state index < -0.39 is 5.97 Å². The van der Waals surface area contributed by atoms with E-state index in [1.165, 1.54) is 6.08 Å². The van der Waals surface area contributed by atoms with Gasteiger partial charge in [-0.1, -0.05) is 0 Å². The third kappa shape index (κ3) is 4.56. The fourth-order valence-electron chi connectivity index (χ4n) is 1.20. The second-order valence-corrected chi connectivity index (χ2v) is 3.30. The quantitative estimate of drug-likeness (QED) is 0.444. The van der Waals surface area contributed by atoms with Crippen molar-refractivity contribution in [2.24, 2.45) is 0 Å². The van der Waals surface area contributed by atoms with Crippen molar-refractivity contribution in [1.82, 2.24) is 0 Å². The summed E-state index contributed by atoms with van der Waals surface area (Å²) in [5.74, 6) is -0.378. The number of methoxy groups -OCH3 is 1. The highest BCUT2D eigenvalue weighted by Gasteiger charge is 1.99. The zero-order chi connectivity index (χ0) is 12.7. The Kier molecular flexibility index (Phi) is 5.03. The first kappa shape index (κ1) is 13.1. The van der Waals surface area contributed by atoms with Crippen LogP contribution < -0.4 is 10.5 Å². The molecule has 0 saturated carbocycles. The number of carbonyl (C=O) groups is 1. The molecule has 0 aliphatic carbocycles. The van der Waals surface area contributed by atoms with Gasteiger partial charge in [0.25, 0.3) is 0 Å². The Labute approximate surface area is 99.5 Å². The number of nitrogens with two attached hydrogens (primary N) is 1. The van der Waals surface area contributed by atoms with E-state index >= 15 is 0 Å². The second-order valence-electron chi connectivity index (χ2n) is 3.30. The van der Waals surface area contributed by atoms with Crippen LogP contribution in [0.2, 0.25) is 0 Å². The molecule has 0 amide bonds. The average Bonchev–Trinajstić information content (AvgIpc) is 2.28. The van der Waals surface area contributed by atoms with Crippen molar-refractivity contribution in [3.8, 4) is 5.75 Å². The lowest BCUT2D eigenvalue weighted by atomic mass is 10.1. The Morgan fingerprint density at radius 1 is 1.47 bits per heavy atom. The first-order valence-corrected chi connectivity index (χ1v) is 5.05. The molecular weight excluding hydrogens is 222 g/mol. The molecule has 0 unspecified atom stereocenters. The highest BCUT2D eigenvalue weighted by atomic mass is 16.5. The van der Waals surface area contributed by atoms with Crippen molar-refractivity contribution >= 4 is 17.7 Å². The van der Waals surface area contributed by atoms with Crippen molar-refractivity contribution in [3.05, 3.63) is 29.8 Å². The largest absolute Gasteiger partial charge is 0.491 e. The first-order chi connectivity index (χ1) is 8.13. The predicted molar refractivity (Wildman–Crippen MR) is 64.9 cm³/mol. The summed E-state index contributed by atoms with van der Waals surface area (Å²) in [5, 5.41) is 8.50. The standard InChI is InChI=1S/C12H15NO4/c1-16-6-7-17-10-4-2-9(11(13)8-10)3-5-12(14)15/h2-5,8H,6-7,13H2,1H3,(H,14,15). The van der Waals surface area contributed by atoms with Gasteiger partial charge in [-0.2, -0.15) is 0 Å². The summed E-state index contributed by atoms with van der Waals surface area (Å²) in [5.41, 5.74) is 6.87. The number of hydrogen-bond acceptors (Lipinski definition) is 4. The third-order valence-corrected chi connectivity index (χ3v) is 2.02. The van der Waals surface area contributed by atoms with E-state index in [0.717, 1.165) is 6.08 Å². The van der Waals surface area contributed by atoms with Gasteiger partial charge in [-0.3, -0.25) is 0 Å². The summed E-state index contributed by atoms with van der Waals surface area (Å²) < 4.78 is 10.2. The van der Waals surface area contributed by atoms with Gasteiger partial charge in [-0.05, 0) is 23.8 Å². The van der Waals surface area contributed by atoms with Crippen molar-refractivity contribution in [3.63, 3.8) is 0 Å². The van der Waals surface area contributed by atoms with Crippen molar-refractivity contribution in [1.29, 1.82) is 0 Å². The van der Waals surface area contributed by atoms with Crippen molar-refractivity contribution < 1.29 is 19.4 Å². The molecule has 0 radical (unpaired) electrons. The lowest BCUT2D eigenvalue weighted by Crippen LogP contribution is -2.04. The van der Waals surface area contributed by atoms with Crippen LogP contribution in [0.3, 0.4) is 0 Å². The van der Waals surface area contributed by atoms with Crippen LogP contribution in [0.1, 0.15) is 5.56 Å². The third-order valence-electron chi connectivity index (χ3n) is 2.02. The number of benzene rings is 1. The number of hydrogen-bond donors (Lipinski definition) is 2. The van der Waals surface area contributed by atoms with Gasteiger partial charge in [-0.15, -0.1) is 0 Å². The van der Waals surface area contributed by atoms with E-state index in [2.05, 4.69) is 0 Å². The van der Waals surface area contributed by atoms with Crippen LogP contribution >= 0.6 is 0 Å². The van der Waals surface area contributed by atoms with E-state index in [1.807, 2.05) is 0 Å². The molecule has 0 aromatic heterocycles. The first-order valence-electron chi connectivity index (χ1n) is 5.05. The van der Waals surface area contributed by atoms with Crippen LogP contribution in [0, 0.1) is 0 Å². The average molecular weight is 237 g/mol. The lowest BCUT2D eigenvalue weighted by Gasteiger charge is -2.07. The maximum Gasteiger partial charge on any atom is 0.328 e. The summed E-state index contributed by atoms with van der Waals surface area (Å²) in [4.78, 5) is 10.4. The molecule has 1 aromatic carbocycles. The molecule has 3 N–H and O–H groups in total. The second kappa shape index (κ2) is 6.55. The highest BCUT2D eigenvalue weighted by molar-refractivity contribution is 5.86. The molecule has 0 atom stereocenters. The minimum atomic E-state index is -1.01. The fraction of sp³-hybridized carbons (Fsp3) is 0.250. The number of carboxylic acid groups (broad SMARTS) is 1. The van der Waals surface area contributed by atoms with E-state index in [0.29, 0.717) is 30.2 Å². The van der Waals surface area contributed by atoms with Crippen LogP contribution in [0.25, 0.3) is 6.08 Å². The Morgan fingerprint density at radius 3 is 2.82 bits per heavy atom. The Balaban J connectivity index is 2.69. The predicted octanol–water partition coefficient (Wildman–Crippen LogP) is 1.39. The van der Waals surface area contributed by atoms with E-state index in [1.54, 1.807) is 25.3 Å². The van der Waals surface area contributed by atoms with Gasteiger partial charge in [0.1, 0.15) is 12.4 Å². The topological polar surface area (TPSA) is 81.8 Å². The number of aliphatic carboxylic acids is 1. The number of carboxylic acids is 1. The maximum absolute atomic E-state index is 10.4. The van der Waals surface area contributed by atoms with E-state index in [-0.39, 0.29) is 0 Å². The van der Waals surface area contributed by atoms with Crippen LogP contribution in [-0.2, 0) is 9.53 Å². The maximum atomic E-state index is 10.4. The smallest absolute Gasteiger partial charge is 0.328 e. The summed E-state index contributed by atoms with van der Waals surface area (Å²) in [7, 11) is 1.59. The van der Waals surface area contributed by atoms with Gasteiger partial charge in [0, 0.05) is 24.9 Å². The van der Waals surface area contributed by atoms with Gasteiger partial charge in [0.15, 0.2) is 0 Å². The minimum absolute atomic E-state index is 0.445. The lowest BCUT2D eigenvalue weighted by molar-refractivity contribution is -0.131. The molecule has 92 valence electrons. The summed E-state index contributed by atoms with van der Waals surface area (Å²) in [6.07, 6.45) is 2.48. The molecule has 17 heavy (non-hydrogen) atoms. The van der Waals surface area contributed by atoms with Crippen molar-refractivity contribution in [2.75, 3.05) is 26.1 Å². The van der Waals surface area contributed by atoms with Gasteiger partial charge in [0.2, 0.25) is 0 Å². The van der Waals surface area contributed by atoms with E-state index in [4.69, 9.17) is 20.3 Å². The minimum Gasteiger partial charge on any atom is -0.491 e. The van der Waals surface area contributed by atoms with Crippen LogP contribution in [0.15, 0.2) is 24.3 Å². The van der Waals surface area contributed by atoms with Crippen LogP contribution in [-0.4, -0.2) is 31.4 Å². The molecule has 0 fully saturated rings. The molecule has 0 saturated heterocycles. The van der Waals surface area contributed by atoms with E-state index in [9.17, 15) is 4.79 Å². The van der Waals surface area contributed by atoms with Crippen LogP contribution in [0.5, 0.6) is 5.75 Å². The molecular formula is C12H15NO4. The molecule has 5 nitrogen and oxygen atoms in total. The molecule has 0 heterocycles. The molecule has 0 spiro atoms. The van der Waals surface area contributed by atoms with Gasteiger partial charge in [0.05, 0.1) is 6.61 Å². The van der Waals surface area contributed by atoms with Gasteiger partial charge < -0.3 is 20.3 Å². The fourth-order valence-corrected chi connectivity index (χ4v) is 1.20. The molecule has 5 heteroatoms. The Hall–Kier alpha value is -2.01. The zero-order valence-corrected chi connectivity index (χ0v) is 9.55. The summed E-state index contributed by atoms with van der Waals surface area (Å²) >= 11 is 0. The summed E-state index contributed by atoms with van der Waals surface area (Å²) in [6, 6.07) is 5.08. The molecule has 1 aromatic rings. The summed E-state index contributed by atoms with van der Waals surface area (Å²) in [6.45, 7) is 0.945. The Morgan fingerprint density at radius 2 is 2.24 bits per heavy atom. The number of anilines is 1. The number of ether oxygens (including phenoxy) is 2. The SMILES string of the molecule is COCCOc1ccc(C=CC(=O)O)c(N)c1. The monoisotopic (exact) mass is 237 g/mol. The molecule has 0 aliphatic rings.